The van der Waals surface area contributed by atoms with Gasteiger partial charge in [0.1, 0.15) is 5.01 Å². The first kappa shape index (κ1) is 21.3. The number of likely N-dealkylation sites (tertiary alicyclic amines) is 1. The Balaban J connectivity index is 1.38. The summed E-state index contributed by atoms with van der Waals surface area (Å²) >= 11 is 2.93. The van der Waals surface area contributed by atoms with E-state index in [-0.39, 0.29) is 17.9 Å². The van der Waals surface area contributed by atoms with Crippen LogP contribution in [0.2, 0.25) is 0 Å². The van der Waals surface area contributed by atoms with Gasteiger partial charge in [-0.05, 0) is 49.4 Å². The van der Waals surface area contributed by atoms with E-state index in [1.54, 1.807) is 11.8 Å². The maximum atomic E-state index is 12.8. The zero-order valence-electron chi connectivity index (χ0n) is 17.1. The van der Waals surface area contributed by atoms with Gasteiger partial charge in [-0.3, -0.25) is 4.79 Å². The summed E-state index contributed by atoms with van der Waals surface area (Å²) in [5, 5.41) is 15.3. The van der Waals surface area contributed by atoms with Crippen LogP contribution in [-0.4, -0.2) is 46.4 Å². The van der Waals surface area contributed by atoms with Crippen LogP contribution in [0.15, 0.2) is 59.5 Å². The number of rotatable bonds is 5. The van der Waals surface area contributed by atoms with Gasteiger partial charge in [-0.2, -0.15) is 0 Å². The molecule has 1 saturated heterocycles. The average Bonchev–Trinajstić information content (AvgIpc) is 3.31. The molecule has 0 spiro atoms. The van der Waals surface area contributed by atoms with E-state index in [0.717, 1.165) is 34.1 Å². The van der Waals surface area contributed by atoms with Gasteiger partial charge in [-0.1, -0.05) is 35.6 Å². The van der Waals surface area contributed by atoms with Gasteiger partial charge in [-0.25, -0.2) is 4.79 Å². The molecular weight excluding hydrogens is 430 g/mol. The highest BCUT2D eigenvalue weighted by molar-refractivity contribution is 7.98. The molecule has 3 amide bonds. The number of piperidine rings is 1. The zero-order valence-corrected chi connectivity index (χ0v) is 18.7. The molecule has 1 unspecified atom stereocenters. The highest BCUT2D eigenvalue weighted by Crippen LogP contribution is 2.30. The van der Waals surface area contributed by atoms with Gasteiger partial charge >= 0.3 is 6.03 Å². The minimum absolute atomic E-state index is 0.0767. The van der Waals surface area contributed by atoms with Gasteiger partial charge in [0, 0.05) is 35.3 Å². The number of nitrogens with one attached hydrogen (secondary N) is 2. The summed E-state index contributed by atoms with van der Waals surface area (Å²) in [4.78, 5) is 28.1. The highest BCUT2D eigenvalue weighted by atomic mass is 32.2. The lowest BCUT2D eigenvalue weighted by Crippen LogP contribution is -2.41. The molecule has 0 aliphatic carbocycles. The Morgan fingerprint density at radius 2 is 1.87 bits per heavy atom. The van der Waals surface area contributed by atoms with Gasteiger partial charge in [0.2, 0.25) is 5.01 Å². The molecule has 0 radical (unpaired) electrons. The lowest BCUT2D eigenvalue weighted by Gasteiger charge is -2.31. The smallest absolute Gasteiger partial charge is 0.321 e. The molecule has 0 bridgehead atoms. The van der Waals surface area contributed by atoms with Crippen molar-refractivity contribution in [1.29, 1.82) is 0 Å². The second kappa shape index (κ2) is 9.93. The van der Waals surface area contributed by atoms with E-state index >= 15 is 0 Å². The van der Waals surface area contributed by atoms with Crippen LogP contribution in [0.4, 0.5) is 16.2 Å². The summed E-state index contributed by atoms with van der Waals surface area (Å²) in [5.41, 5.74) is 1.50. The van der Waals surface area contributed by atoms with Crippen LogP contribution in [0.1, 0.15) is 33.6 Å². The summed E-state index contributed by atoms with van der Waals surface area (Å²) in [7, 11) is 0. The molecule has 4 rings (SSSR count). The van der Waals surface area contributed by atoms with Crippen molar-refractivity contribution in [3.63, 3.8) is 0 Å². The quantitative estimate of drug-likeness (QED) is 0.535. The van der Waals surface area contributed by atoms with E-state index in [4.69, 9.17) is 0 Å². The number of urea groups is 1. The number of carbonyl (C=O) groups is 2. The molecule has 2 N–H and O–H groups in total. The molecule has 1 aromatic heterocycles. The van der Waals surface area contributed by atoms with Gasteiger partial charge in [0.15, 0.2) is 0 Å². The Morgan fingerprint density at radius 3 is 2.68 bits per heavy atom. The number of hydrogen-bond acceptors (Lipinski definition) is 6. The molecule has 7 nitrogen and oxygen atoms in total. The monoisotopic (exact) mass is 453 g/mol. The van der Waals surface area contributed by atoms with Gasteiger partial charge in [0.05, 0.1) is 0 Å². The van der Waals surface area contributed by atoms with E-state index in [0.29, 0.717) is 18.1 Å². The van der Waals surface area contributed by atoms with Crippen molar-refractivity contribution in [3.05, 3.63) is 64.6 Å². The third-order valence-corrected chi connectivity index (χ3v) is 6.86. The minimum atomic E-state index is -0.269. The third-order valence-electron chi connectivity index (χ3n) is 5.05. The minimum Gasteiger partial charge on any atom is -0.324 e. The number of nitrogens with zero attached hydrogens (tertiary/aromatic N) is 3. The lowest BCUT2D eigenvalue weighted by atomic mass is 9.99. The highest BCUT2D eigenvalue weighted by Gasteiger charge is 2.28. The molecule has 0 saturated carbocycles. The molecule has 3 aromatic rings. The fourth-order valence-electron chi connectivity index (χ4n) is 3.46. The summed E-state index contributed by atoms with van der Waals surface area (Å²) < 4.78 is 0. The molecule has 1 atom stereocenters. The van der Waals surface area contributed by atoms with Crippen LogP contribution in [0.25, 0.3) is 0 Å². The predicted octanol–water partition coefficient (Wildman–Crippen LogP) is 4.92. The molecule has 9 heteroatoms. The van der Waals surface area contributed by atoms with Gasteiger partial charge < -0.3 is 15.5 Å². The molecule has 160 valence electrons. The number of amides is 3. The largest absolute Gasteiger partial charge is 0.324 e. The average molecular weight is 454 g/mol. The van der Waals surface area contributed by atoms with Crippen molar-refractivity contribution in [2.45, 2.75) is 23.7 Å². The Morgan fingerprint density at radius 1 is 1.06 bits per heavy atom. The molecule has 31 heavy (non-hydrogen) atoms. The van der Waals surface area contributed by atoms with E-state index in [1.807, 2.05) is 65.8 Å². The topological polar surface area (TPSA) is 87.2 Å². The number of aromatic nitrogens is 2. The Bertz CT molecular complexity index is 1060. The summed E-state index contributed by atoms with van der Waals surface area (Å²) in [5.74, 6) is -0.193. The molecule has 2 heterocycles. The number of thioether (sulfide) groups is 1. The van der Waals surface area contributed by atoms with Crippen molar-refractivity contribution >= 4 is 46.4 Å². The number of anilines is 2. The van der Waals surface area contributed by atoms with Crippen molar-refractivity contribution in [2.24, 2.45) is 0 Å². The Kier molecular flexibility index (Phi) is 6.83. The molecular formula is C22H23N5O2S2. The standard InChI is InChI=1S/C22H23N5O2S2/c1-30-18-11-5-10-17(13-18)24-22(29)27-12-6-7-15(14-27)20-25-26-21(31-20)19(28)23-16-8-3-2-4-9-16/h2-5,8-11,13,15H,6-7,12,14H2,1H3,(H,23,28)(H,24,29). The third kappa shape index (κ3) is 5.42. The fourth-order valence-corrected chi connectivity index (χ4v) is 4.79. The van der Waals surface area contributed by atoms with Crippen LogP contribution in [0.5, 0.6) is 0 Å². The molecule has 1 aliphatic heterocycles. The van der Waals surface area contributed by atoms with Gasteiger partial charge in [-0.15, -0.1) is 22.0 Å². The molecule has 1 fully saturated rings. The van der Waals surface area contributed by atoms with Crippen molar-refractivity contribution < 1.29 is 9.59 Å². The maximum absolute atomic E-state index is 12.8. The number of carbonyl (C=O) groups excluding carboxylic acids is 2. The number of para-hydroxylation sites is 1. The maximum Gasteiger partial charge on any atom is 0.321 e. The van der Waals surface area contributed by atoms with Crippen LogP contribution in [0.3, 0.4) is 0 Å². The summed E-state index contributed by atoms with van der Waals surface area (Å²) in [6.45, 7) is 1.26. The van der Waals surface area contributed by atoms with Crippen molar-refractivity contribution in [3.8, 4) is 0 Å². The Labute approximate surface area is 189 Å². The fraction of sp³-hybridized carbons (Fsp3) is 0.273. The van der Waals surface area contributed by atoms with E-state index in [1.165, 1.54) is 11.3 Å². The van der Waals surface area contributed by atoms with E-state index in [9.17, 15) is 9.59 Å². The second-order valence-corrected chi connectivity index (χ2v) is 9.10. The number of benzene rings is 2. The normalized spacial score (nSPS) is 16.0. The van der Waals surface area contributed by atoms with Crippen molar-refractivity contribution in [2.75, 3.05) is 30.0 Å². The summed E-state index contributed by atoms with van der Waals surface area (Å²) in [6.07, 6.45) is 3.81. The molecule has 1 aliphatic rings. The predicted molar refractivity (Wildman–Crippen MR) is 125 cm³/mol. The zero-order chi connectivity index (χ0) is 21.6. The van der Waals surface area contributed by atoms with Crippen LogP contribution in [-0.2, 0) is 0 Å². The van der Waals surface area contributed by atoms with Gasteiger partial charge in [0.25, 0.3) is 5.91 Å². The number of hydrogen-bond donors (Lipinski definition) is 2. The van der Waals surface area contributed by atoms with E-state index < -0.39 is 0 Å². The summed E-state index contributed by atoms with van der Waals surface area (Å²) in [6, 6.07) is 17.0. The molecule has 2 aromatic carbocycles. The van der Waals surface area contributed by atoms with Crippen LogP contribution < -0.4 is 10.6 Å². The second-order valence-electron chi connectivity index (χ2n) is 7.21. The van der Waals surface area contributed by atoms with Crippen molar-refractivity contribution in [1.82, 2.24) is 15.1 Å². The first-order valence-corrected chi connectivity index (χ1v) is 12.1. The Hall–Kier alpha value is -2.91. The van der Waals surface area contributed by atoms with Crippen LogP contribution in [0, 0.1) is 0 Å². The lowest BCUT2D eigenvalue weighted by molar-refractivity contribution is 0.102. The first-order chi connectivity index (χ1) is 15.1. The first-order valence-electron chi connectivity index (χ1n) is 10.0. The SMILES string of the molecule is CSc1cccc(NC(=O)N2CCCC(c3nnc(C(=O)Nc4ccccc4)s3)C2)c1. The van der Waals surface area contributed by atoms with Crippen LogP contribution >= 0.6 is 23.1 Å². The van der Waals surface area contributed by atoms with E-state index in [2.05, 4.69) is 20.8 Å².